The van der Waals surface area contributed by atoms with Crippen molar-refractivity contribution in [1.29, 1.82) is 0 Å². The molecule has 1 heterocycles. The third-order valence-electron chi connectivity index (χ3n) is 2.46. The van der Waals surface area contributed by atoms with Gasteiger partial charge in [-0.2, -0.15) is 0 Å². The van der Waals surface area contributed by atoms with Crippen LogP contribution < -0.4 is 4.90 Å². The van der Waals surface area contributed by atoms with Crippen molar-refractivity contribution in [3.8, 4) is 0 Å². The number of morpholine rings is 1. The minimum atomic E-state index is 0.980. The highest BCUT2D eigenvalue weighted by Crippen LogP contribution is 2.15. The largest absolute Gasteiger partial charge is 0.431 e. The van der Waals surface area contributed by atoms with Crippen LogP contribution in [0.4, 0.5) is 5.69 Å². The fraction of sp³-hybridized carbons (Fsp3) is 0.455. The van der Waals surface area contributed by atoms with E-state index in [0.717, 1.165) is 26.3 Å². The Kier molecular flexibility index (Phi) is 2.50. The van der Waals surface area contributed by atoms with E-state index < -0.39 is 0 Å². The number of aliphatic hydroxyl groups is 2. The number of aryl methyl sites for hydroxylation is 1. The van der Waals surface area contributed by atoms with Gasteiger partial charge in [0.25, 0.3) is 0 Å². The standard InChI is InChI=1S/C11H15NO/c1-10-2-4-11(5-3-10)12-6-8-13-9-7-12/h2-5H,6-9H2,1H3/p+1. The highest BCUT2D eigenvalue weighted by molar-refractivity contribution is 5.47. The second-order valence-electron chi connectivity index (χ2n) is 3.49. The zero-order valence-corrected chi connectivity index (χ0v) is 8.03. The molecule has 0 atom stereocenters. The molecular formula is C11H16NO+. The summed E-state index contributed by atoms with van der Waals surface area (Å²) in [4.78, 5) is 2.40. The van der Waals surface area contributed by atoms with Gasteiger partial charge in [-0.3, -0.25) is 0 Å². The van der Waals surface area contributed by atoms with Crippen molar-refractivity contribution < 1.29 is 4.74 Å². The summed E-state index contributed by atoms with van der Waals surface area (Å²) in [6, 6.07) is 8.73. The van der Waals surface area contributed by atoms with Gasteiger partial charge in [0.05, 0.1) is 13.1 Å². The van der Waals surface area contributed by atoms with Gasteiger partial charge in [0, 0.05) is 5.69 Å². The van der Waals surface area contributed by atoms with Gasteiger partial charge >= 0.3 is 0 Å². The van der Waals surface area contributed by atoms with E-state index in [1.807, 2.05) is 0 Å². The number of hydrogen-bond donors (Lipinski definition) is 0. The zero-order chi connectivity index (χ0) is 9.10. The molecule has 70 valence electrons. The van der Waals surface area contributed by atoms with Gasteiger partial charge in [0.1, 0.15) is 0 Å². The first-order chi connectivity index (χ1) is 6.36. The lowest BCUT2D eigenvalue weighted by Crippen LogP contribution is -2.38. The molecule has 1 aromatic carbocycles. The van der Waals surface area contributed by atoms with E-state index in [1.54, 1.807) is 0 Å². The van der Waals surface area contributed by atoms with Crippen LogP contribution in [-0.2, 0) is 0 Å². The summed E-state index contributed by atoms with van der Waals surface area (Å²) in [7, 11) is 0. The van der Waals surface area contributed by atoms with E-state index in [-0.39, 0.29) is 0 Å². The Labute approximate surface area is 79.1 Å². The average molecular weight is 178 g/mol. The monoisotopic (exact) mass is 178 g/mol. The summed E-state index contributed by atoms with van der Waals surface area (Å²) < 4.78 is 4.33. The van der Waals surface area contributed by atoms with E-state index in [9.17, 15) is 0 Å². The van der Waals surface area contributed by atoms with Crippen LogP contribution >= 0.6 is 0 Å². The Hall–Kier alpha value is -1.02. The fourth-order valence-electron chi connectivity index (χ4n) is 1.62. The van der Waals surface area contributed by atoms with Gasteiger partial charge in [0.15, 0.2) is 13.2 Å². The molecule has 1 aliphatic rings. The first kappa shape index (κ1) is 8.57. The maximum atomic E-state index is 4.33. The predicted molar refractivity (Wildman–Crippen MR) is 55.3 cm³/mol. The lowest BCUT2D eigenvalue weighted by Gasteiger charge is -2.26. The van der Waals surface area contributed by atoms with Gasteiger partial charge in [0.2, 0.25) is 0 Å². The Morgan fingerprint density at radius 2 is 1.69 bits per heavy atom. The third-order valence-corrected chi connectivity index (χ3v) is 2.46. The molecule has 0 amide bonds. The molecular weight excluding hydrogens is 162 g/mol. The molecule has 2 nitrogen and oxygen atoms in total. The van der Waals surface area contributed by atoms with Crippen LogP contribution in [0.25, 0.3) is 0 Å². The first-order valence-corrected chi connectivity index (χ1v) is 4.81. The molecule has 2 rings (SSSR count). The first-order valence-electron chi connectivity index (χ1n) is 4.81. The molecule has 1 aliphatic heterocycles. The number of benzene rings is 1. The number of rotatable bonds is 1. The summed E-state index contributed by atoms with van der Waals surface area (Å²) in [6.45, 7) is 6.23. The summed E-state index contributed by atoms with van der Waals surface area (Å²) in [5.74, 6) is 0. The highest BCUT2D eigenvalue weighted by Gasteiger charge is 2.13. The van der Waals surface area contributed by atoms with Gasteiger partial charge in [-0.05, 0) is 19.1 Å². The molecule has 1 saturated heterocycles. The van der Waals surface area contributed by atoms with Crippen molar-refractivity contribution >= 4 is 5.69 Å². The van der Waals surface area contributed by atoms with Crippen LogP contribution in [0, 0.1) is 6.92 Å². The number of ether oxygens (including phenoxy) is 1. The number of nitrogens with zero attached hydrogens (tertiary/aromatic N) is 1. The van der Waals surface area contributed by atoms with Crippen LogP contribution in [-0.4, -0.2) is 31.0 Å². The SMILES string of the molecule is Cc1ccc(N2CC[OH+]CC2)cc1. The normalized spacial score (nSPS) is 17.5. The molecule has 2 heteroatoms. The average Bonchev–Trinajstić information content (AvgIpc) is 2.20. The molecule has 1 fully saturated rings. The number of hydrogen-bond acceptors (Lipinski definition) is 1. The Bertz CT molecular complexity index is 262. The topological polar surface area (TPSA) is 16.0 Å². The lowest BCUT2D eigenvalue weighted by molar-refractivity contribution is -0.0437. The van der Waals surface area contributed by atoms with Crippen molar-refractivity contribution in [1.82, 2.24) is 0 Å². The maximum absolute atomic E-state index is 4.33. The molecule has 1 aromatic rings. The van der Waals surface area contributed by atoms with Crippen molar-refractivity contribution in [3.05, 3.63) is 29.8 Å². The smallest absolute Gasteiger partial charge is 0.162 e. The molecule has 0 spiro atoms. The Morgan fingerprint density at radius 1 is 1.08 bits per heavy atom. The van der Waals surface area contributed by atoms with Crippen LogP contribution in [0.15, 0.2) is 24.3 Å². The van der Waals surface area contributed by atoms with E-state index in [4.69, 9.17) is 0 Å². The lowest BCUT2D eigenvalue weighted by atomic mass is 10.2. The predicted octanol–water partition coefficient (Wildman–Crippen LogP) is 1.34. The molecule has 0 radical (unpaired) electrons. The summed E-state index contributed by atoms with van der Waals surface area (Å²) >= 11 is 0. The fourth-order valence-corrected chi connectivity index (χ4v) is 1.62. The van der Waals surface area contributed by atoms with E-state index in [2.05, 4.69) is 40.8 Å². The van der Waals surface area contributed by atoms with Crippen molar-refractivity contribution in [2.45, 2.75) is 6.92 Å². The van der Waals surface area contributed by atoms with Gasteiger partial charge in [-0.1, -0.05) is 17.7 Å². The van der Waals surface area contributed by atoms with Gasteiger partial charge in [-0.15, -0.1) is 0 Å². The van der Waals surface area contributed by atoms with Crippen LogP contribution in [0.1, 0.15) is 5.56 Å². The minimum Gasteiger partial charge on any atom is -0.431 e. The second-order valence-corrected chi connectivity index (χ2v) is 3.49. The Balaban J connectivity index is 2.10. The van der Waals surface area contributed by atoms with E-state index in [1.165, 1.54) is 11.3 Å². The summed E-state index contributed by atoms with van der Waals surface area (Å²) in [5.41, 5.74) is 2.66. The molecule has 13 heavy (non-hydrogen) atoms. The Morgan fingerprint density at radius 3 is 2.31 bits per heavy atom. The van der Waals surface area contributed by atoms with Gasteiger partial charge in [-0.25, -0.2) is 0 Å². The minimum absolute atomic E-state index is 0.980. The number of anilines is 1. The van der Waals surface area contributed by atoms with Gasteiger partial charge < -0.3 is 9.64 Å². The highest BCUT2D eigenvalue weighted by atomic mass is 16.5. The molecule has 0 aromatic heterocycles. The molecule has 0 bridgehead atoms. The van der Waals surface area contributed by atoms with Crippen molar-refractivity contribution in [2.75, 3.05) is 31.2 Å². The maximum Gasteiger partial charge on any atom is 0.162 e. The summed E-state index contributed by atoms with van der Waals surface area (Å²) in [5, 5.41) is 0. The second kappa shape index (κ2) is 3.79. The molecule has 0 unspecified atom stereocenters. The van der Waals surface area contributed by atoms with Crippen LogP contribution in [0.2, 0.25) is 0 Å². The van der Waals surface area contributed by atoms with E-state index in [0.29, 0.717) is 0 Å². The quantitative estimate of drug-likeness (QED) is 0.593. The molecule has 0 aliphatic carbocycles. The van der Waals surface area contributed by atoms with E-state index >= 15 is 0 Å². The molecule has 1 N–H and O–H groups in total. The van der Waals surface area contributed by atoms with Crippen LogP contribution in [0.5, 0.6) is 0 Å². The van der Waals surface area contributed by atoms with Crippen molar-refractivity contribution in [3.63, 3.8) is 0 Å². The van der Waals surface area contributed by atoms with Crippen molar-refractivity contribution in [2.24, 2.45) is 0 Å². The third kappa shape index (κ3) is 2.01. The summed E-state index contributed by atoms with van der Waals surface area (Å²) in [6.07, 6.45) is 0. The zero-order valence-electron chi connectivity index (χ0n) is 8.03. The van der Waals surface area contributed by atoms with Crippen LogP contribution in [0.3, 0.4) is 0 Å². The molecule has 0 saturated carbocycles.